The standard InChI is InChI=1S/C13H15BrN2O2S/c1-9-2-3-11(10(14)8-9)15-12(17)4-5-16-6-7-19-13(16)18/h2-3,8H,4-7H2,1H3,(H,15,17). The lowest BCUT2D eigenvalue weighted by molar-refractivity contribution is -0.116. The lowest BCUT2D eigenvalue weighted by Gasteiger charge is -2.14. The second kappa shape index (κ2) is 6.43. The molecule has 1 aliphatic heterocycles. The number of carbonyl (C=O) groups excluding carboxylic acids is 2. The Morgan fingerprint density at radius 1 is 1.53 bits per heavy atom. The Morgan fingerprint density at radius 3 is 2.95 bits per heavy atom. The van der Waals surface area contributed by atoms with E-state index in [0.29, 0.717) is 13.0 Å². The number of amides is 2. The Bertz CT molecular complexity index is 507. The van der Waals surface area contributed by atoms with Gasteiger partial charge in [-0.05, 0) is 40.5 Å². The van der Waals surface area contributed by atoms with Crippen molar-refractivity contribution in [1.82, 2.24) is 4.90 Å². The van der Waals surface area contributed by atoms with Gasteiger partial charge in [-0.15, -0.1) is 0 Å². The van der Waals surface area contributed by atoms with E-state index in [1.54, 1.807) is 4.90 Å². The van der Waals surface area contributed by atoms with Crippen LogP contribution in [0.5, 0.6) is 0 Å². The summed E-state index contributed by atoms with van der Waals surface area (Å²) in [6, 6.07) is 5.77. The second-order valence-corrected chi connectivity index (χ2v) is 6.28. The molecule has 2 amide bonds. The van der Waals surface area contributed by atoms with Crippen LogP contribution in [0.4, 0.5) is 10.5 Å². The van der Waals surface area contributed by atoms with E-state index < -0.39 is 0 Å². The maximum absolute atomic E-state index is 11.8. The summed E-state index contributed by atoms with van der Waals surface area (Å²) >= 11 is 4.73. The Labute approximate surface area is 125 Å². The van der Waals surface area contributed by atoms with Gasteiger partial charge in [0, 0.05) is 29.7 Å². The van der Waals surface area contributed by atoms with Crippen molar-refractivity contribution >= 4 is 44.5 Å². The van der Waals surface area contributed by atoms with Crippen LogP contribution < -0.4 is 5.32 Å². The molecule has 0 saturated carbocycles. The predicted octanol–water partition coefficient (Wildman–Crippen LogP) is 3.25. The van der Waals surface area contributed by atoms with Crippen LogP contribution in [0.15, 0.2) is 22.7 Å². The van der Waals surface area contributed by atoms with Crippen LogP contribution in [-0.4, -0.2) is 34.9 Å². The number of aryl methyl sites for hydroxylation is 1. The summed E-state index contributed by atoms with van der Waals surface area (Å²) in [4.78, 5) is 24.9. The van der Waals surface area contributed by atoms with Gasteiger partial charge in [0.25, 0.3) is 5.24 Å². The molecule has 0 radical (unpaired) electrons. The first-order valence-corrected chi connectivity index (χ1v) is 7.82. The number of carbonyl (C=O) groups is 2. The molecular formula is C13H15BrN2O2S. The first-order chi connectivity index (χ1) is 9.06. The Kier molecular flexibility index (Phi) is 4.87. The van der Waals surface area contributed by atoms with Crippen molar-refractivity contribution in [1.29, 1.82) is 0 Å². The van der Waals surface area contributed by atoms with Gasteiger partial charge in [-0.2, -0.15) is 0 Å². The number of nitrogens with one attached hydrogen (secondary N) is 1. The molecule has 6 heteroatoms. The maximum Gasteiger partial charge on any atom is 0.281 e. The fraction of sp³-hybridized carbons (Fsp3) is 0.385. The van der Waals surface area contributed by atoms with Crippen molar-refractivity contribution in [3.63, 3.8) is 0 Å². The average molecular weight is 343 g/mol. The van der Waals surface area contributed by atoms with Crippen LogP contribution in [0, 0.1) is 6.92 Å². The van der Waals surface area contributed by atoms with Gasteiger partial charge >= 0.3 is 0 Å². The zero-order valence-corrected chi connectivity index (χ0v) is 13.0. The summed E-state index contributed by atoms with van der Waals surface area (Å²) in [6.07, 6.45) is 0.326. The number of rotatable bonds is 4. The summed E-state index contributed by atoms with van der Waals surface area (Å²) in [6.45, 7) is 3.22. The minimum Gasteiger partial charge on any atom is -0.332 e. The summed E-state index contributed by atoms with van der Waals surface area (Å²) < 4.78 is 0.869. The normalized spacial score (nSPS) is 14.8. The number of halogens is 1. The zero-order valence-electron chi connectivity index (χ0n) is 10.6. The third-order valence-electron chi connectivity index (χ3n) is 2.85. The third-order valence-corrected chi connectivity index (χ3v) is 4.40. The largest absolute Gasteiger partial charge is 0.332 e. The van der Waals surface area contributed by atoms with Crippen molar-refractivity contribution in [2.45, 2.75) is 13.3 Å². The molecule has 0 atom stereocenters. The predicted molar refractivity (Wildman–Crippen MR) is 81.6 cm³/mol. The lowest BCUT2D eigenvalue weighted by Crippen LogP contribution is -2.27. The number of thioether (sulfide) groups is 1. The number of nitrogens with zero attached hydrogens (tertiary/aromatic N) is 1. The summed E-state index contributed by atoms with van der Waals surface area (Å²) in [7, 11) is 0. The van der Waals surface area contributed by atoms with Gasteiger partial charge in [-0.1, -0.05) is 17.8 Å². The van der Waals surface area contributed by atoms with Crippen molar-refractivity contribution in [2.75, 3.05) is 24.2 Å². The molecule has 1 N–H and O–H groups in total. The number of hydrogen-bond acceptors (Lipinski definition) is 3. The molecule has 0 spiro atoms. The monoisotopic (exact) mass is 342 g/mol. The van der Waals surface area contributed by atoms with Crippen molar-refractivity contribution in [2.24, 2.45) is 0 Å². The van der Waals surface area contributed by atoms with Gasteiger partial charge in [-0.25, -0.2) is 0 Å². The third kappa shape index (κ3) is 3.98. The molecule has 4 nitrogen and oxygen atoms in total. The summed E-state index contributed by atoms with van der Waals surface area (Å²) in [5.74, 6) is 0.749. The van der Waals surface area contributed by atoms with E-state index in [1.165, 1.54) is 11.8 Å². The Hall–Kier alpha value is -1.01. The van der Waals surface area contributed by atoms with E-state index in [4.69, 9.17) is 0 Å². The number of hydrogen-bond donors (Lipinski definition) is 1. The molecule has 0 unspecified atom stereocenters. The molecule has 1 aromatic rings. The van der Waals surface area contributed by atoms with E-state index >= 15 is 0 Å². The number of anilines is 1. The molecule has 0 aliphatic carbocycles. The molecule has 0 aromatic heterocycles. The molecule has 19 heavy (non-hydrogen) atoms. The van der Waals surface area contributed by atoms with Crippen molar-refractivity contribution in [3.8, 4) is 0 Å². The lowest BCUT2D eigenvalue weighted by atomic mass is 10.2. The highest BCUT2D eigenvalue weighted by Crippen LogP contribution is 2.23. The van der Waals surface area contributed by atoms with Gasteiger partial charge in [-0.3, -0.25) is 9.59 Å². The first-order valence-electron chi connectivity index (χ1n) is 6.04. The summed E-state index contributed by atoms with van der Waals surface area (Å²) in [5.41, 5.74) is 1.89. The molecular weight excluding hydrogens is 328 g/mol. The molecule has 1 saturated heterocycles. The number of benzene rings is 1. The van der Waals surface area contributed by atoms with Crippen LogP contribution in [0.2, 0.25) is 0 Å². The summed E-state index contributed by atoms with van der Waals surface area (Å²) in [5, 5.41) is 2.92. The van der Waals surface area contributed by atoms with Gasteiger partial charge in [0.1, 0.15) is 0 Å². The van der Waals surface area contributed by atoms with E-state index in [1.807, 2.05) is 25.1 Å². The fourth-order valence-electron chi connectivity index (χ4n) is 1.80. The molecule has 1 heterocycles. The van der Waals surface area contributed by atoms with E-state index in [0.717, 1.165) is 28.0 Å². The highest BCUT2D eigenvalue weighted by Gasteiger charge is 2.21. The van der Waals surface area contributed by atoms with E-state index in [-0.39, 0.29) is 11.1 Å². The van der Waals surface area contributed by atoms with Crippen LogP contribution in [0.3, 0.4) is 0 Å². The highest BCUT2D eigenvalue weighted by molar-refractivity contribution is 9.10. The Balaban J connectivity index is 1.85. The van der Waals surface area contributed by atoms with E-state index in [2.05, 4.69) is 21.2 Å². The quantitative estimate of drug-likeness (QED) is 0.913. The van der Waals surface area contributed by atoms with E-state index in [9.17, 15) is 9.59 Å². The minimum absolute atomic E-state index is 0.0734. The van der Waals surface area contributed by atoms with Crippen molar-refractivity contribution in [3.05, 3.63) is 28.2 Å². The minimum atomic E-state index is -0.0748. The van der Waals surface area contributed by atoms with Gasteiger partial charge in [0.15, 0.2) is 0 Å². The van der Waals surface area contributed by atoms with Crippen LogP contribution in [0.25, 0.3) is 0 Å². The highest BCUT2D eigenvalue weighted by atomic mass is 79.9. The van der Waals surface area contributed by atoms with Crippen LogP contribution in [0.1, 0.15) is 12.0 Å². The maximum atomic E-state index is 11.8. The average Bonchev–Trinajstić information content (AvgIpc) is 2.76. The van der Waals surface area contributed by atoms with Gasteiger partial charge in [0.2, 0.25) is 5.91 Å². The topological polar surface area (TPSA) is 49.4 Å². The van der Waals surface area contributed by atoms with Crippen molar-refractivity contribution < 1.29 is 9.59 Å². The van der Waals surface area contributed by atoms with Gasteiger partial charge < -0.3 is 10.2 Å². The second-order valence-electron chi connectivity index (χ2n) is 4.38. The Morgan fingerprint density at radius 2 is 2.32 bits per heavy atom. The molecule has 2 rings (SSSR count). The SMILES string of the molecule is Cc1ccc(NC(=O)CCN2CCSC2=O)c(Br)c1. The van der Waals surface area contributed by atoms with Gasteiger partial charge in [0.05, 0.1) is 5.69 Å². The molecule has 102 valence electrons. The van der Waals surface area contributed by atoms with Crippen LogP contribution in [-0.2, 0) is 4.79 Å². The smallest absolute Gasteiger partial charge is 0.281 e. The first kappa shape index (κ1) is 14.4. The zero-order chi connectivity index (χ0) is 13.8. The van der Waals surface area contributed by atoms with Crippen LogP contribution >= 0.6 is 27.7 Å². The molecule has 0 bridgehead atoms. The molecule has 1 aromatic carbocycles. The fourth-order valence-corrected chi connectivity index (χ4v) is 3.24. The molecule has 1 fully saturated rings. The molecule has 1 aliphatic rings.